The summed E-state index contributed by atoms with van der Waals surface area (Å²) in [5.41, 5.74) is 1.96. The Morgan fingerprint density at radius 3 is 2.70 bits per heavy atom. The van der Waals surface area contributed by atoms with E-state index in [1.807, 2.05) is 25.1 Å². The fraction of sp³-hybridized carbons (Fsp3) is 0.412. The molecule has 0 radical (unpaired) electrons. The van der Waals surface area contributed by atoms with Gasteiger partial charge in [-0.15, -0.1) is 0 Å². The summed E-state index contributed by atoms with van der Waals surface area (Å²) < 4.78 is 1.64. The number of aryl methyl sites for hydroxylation is 1. The summed E-state index contributed by atoms with van der Waals surface area (Å²) in [5.74, 6) is -0.172. The summed E-state index contributed by atoms with van der Waals surface area (Å²) in [7, 11) is 0. The van der Waals surface area contributed by atoms with E-state index in [4.69, 9.17) is 11.6 Å². The zero-order chi connectivity index (χ0) is 16.4. The average Bonchev–Trinajstić information content (AvgIpc) is 2.92. The van der Waals surface area contributed by atoms with Crippen LogP contribution in [0.3, 0.4) is 0 Å². The standard InChI is InChI=1S/C17H20ClN3O2/c1-11-10-21(15-5-3-2-4-14(15)18)20-16(11)17(23)19-12-6-8-13(22)9-7-12/h2-5,10,12-13,22H,6-9H2,1H3,(H,19,23). The maximum absolute atomic E-state index is 12.5. The van der Waals surface area contributed by atoms with E-state index < -0.39 is 0 Å². The van der Waals surface area contributed by atoms with E-state index in [0.29, 0.717) is 10.7 Å². The van der Waals surface area contributed by atoms with E-state index in [0.717, 1.165) is 36.9 Å². The van der Waals surface area contributed by atoms with Crippen LogP contribution in [0.25, 0.3) is 5.69 Å². The molecule has 23 heavy (non-hydrogen) atoms. The van der Waals surface area contributed by atoms with Crippen molar-refractivity contribution in [2.45, 2.75) is 44.8 Å². The van der Waals surface area contributed by atoms with Crippen molar-refractivity contribution in [2.24, 2.45) is 0 Å². The maximum atomic E-state index is 12.5. The van der Waals surface area contributed by atoms with E-state index >= 15 is 0 Å². The van der Waals surface area contributed by atoms with Crippen molar-refractivity contribution in [3.05, 3.63) is 46.7 Å². The SMILES string of the molecule is Cc1cn(-c2ccccc2Cl)nc1C(=O)NC1CCC(O)CC1. The smallest absolute Gasteiger partial charge is 0.272 e. The molecule has 1 aromatic heterocycles. The molecule has 0 bridgehead atoms. The minimum Gasteiger partial charge on any atom is -0.393 e. The molecule has 0 spiro atoms. The summed E-state index contributed by atoms with van der Waals surface area (Å²) in [6.07, 6.45) is 4.65. The summed E-state index contributed by atoms with van der Waals surface area (Å²) in [6, 6.07) is 7.49. The minimum atomic E-state index is -0.232. The summed E-state index contributed by atoms with van der Waals surface area (Å²) in [5, 5.41) is 17.5. The van der Waals surface area contributed by atoms with Crippen LogP contribution >= 0.6 is 11.6 Å². The number of rotatable bonds is 3. The van der Waals surface area contributed by atoms with Gasteiger partial charge in [-0.1, -0.05) is 23.7 Å². The van der Waals surface area contributed by atoms with Gasteiger partial charge in [0.2, 0.25) is 0 Å². The summed E-state index contributed by atoms with van der Waals surface area (Å²) >= 11 is 6.18. The zero-order valence-corrected chi connectivity index (χ0v) is 13.8. The minimum absolute atomic E-state index is 0.107. The van der Waals surface area contributed by atoms with Gasteiger partial charge in [0.25, 0.3) is 5.91 Å². The van der Waals surface area contributed by atoms with Gasteiger partial charge < -0.3 is 10.4 Å². The molecule has 1 saturated carbocycles. The highest BCUT2D eigenvalue weighted by Gasteiger charge is 2.23. The van der Waals surface area contributed by atoms with Crippen LogP contribution < -0.4 is 5.32 Å². The molecule has 3 rings (SSSR count). The number of halogens is 1. The second-order valence-corrected chi connectivity index (χ2v) is 6.44. The fourth-order valence-corrected chi connectivity index (χ4v) is 3.14. The molecule has 1 fully saturated rings. The van der Waals surface area contributed by atoms with Gasteiger partial charge in [-0.3, -0.25) is 4.79 Å². The van der Waals surface area contributed by atoms with Gasteiger partial charge in [0.15, 0.2) is 5.69 Å². The van der Waals surface area contributed by atoms with Crippen LogP contribution in [0.2, 0.25) is 5.02 Å². The number of hydrogen-bond donors (Lipinski definition) is 2. The van der Waals surface area contributed by atoms with Crippen LogP contribution in [0.1, 0.15) is 41.7 Å². The first kappa shape index (κ1) is 16.0. The van der Waals surface area contributed by atoms with Gasteiger partial charge >= 0.3 is 0 Å². The third-order valence-electron chi connectivity index (χ3n) is 4.24. The molecule has 1 amide bonds. The summed E-state index contributed by atoms with van der Waals surface area (Å²) in [4.78, 5) is 12.5. The van der Waals surface area contributed by atoms with E-state index in [1.165, 1.54) is 0 Å². The maximum Gasteiger partial charge on any atom is 0.272 e. The largest absolute Gasteiger partial charge is 0.393 e. The van der Waals surface area contributed by atoms with Gasteiger partial charge in [0.1, 0.15) is 0 Å². The number of carbonyl (C=O) groups excluding carboxylic acids is 1. The lowest BCUT2D eigenvalue weighted by molar-refractivity contribution is 0.0862. The number of aromatic nitrogens is 2. The quantitative estimate of drug-likeness (QED) is 0.907. The molecular formula is C17H20ClN3O2. The van der Waals surface area contributed by atoms with Gasteiger partial charge in [0.05, 0.1) is 16.8 Å². The zero-order valence-electron chi connectivity index (χ0n) is 13.0. The Bertz CT molecular complexity index is 706. The second kappa shape index (κ2) is 6.72. The normalized spacial score (nSPS) is 21.2. The highest BCUT2D eigenvalue weighted by atomic mass is 35.5. The molecule has 0 saturated heterocycles. The summed E-state index contributed by atoms with van der Waals surface area (Å²) in [6.45, 7) is 1.86. The molecule has 0 atom stereocenters. The van der Waals surface area contributed by atoms with Crippen LogP contribution in [0.4, 0.5) is 0 Å². The molecular weight excluding hydrogens is 314 g/mol. The lowest BCUT2D eigenvalue weighted by atomic mass is 9.93. The number of para-hydroxylation sites is 1. The average molecular weight is 334 g/mol. The fourth-order valence-electron chi connectivity index (χ4n) is 2.92. The molecule has 122 valence electrons. The van der Waals surface area contributed by atoms with Crippen molar-refractivity contribution in [1.29, 1.82) is 0 Å². The Morgan fingerprint density at radius 1 is 1.30 bits per heavy atom. The molecule has 2 aromatic rings. The molecule has 0 aliphatic heterocycles. The van der Waals surface area contributed by atoms with Gasteiger partial charge in [-0.05, 0) is 44.7 Å². The van der Waals surface area contributed by atoms with Gasteiger partial charge in [0, 0.05) is 17.8 Å². The van der Waals surface area contributed by atoms with Gasteiger partial charge in [-0.2, -0.15) is 5.10 Å². The molecule has 1 aromatic carbocycles. The number of carbonyl (C=O) groups is 1. The molecule has 0 unspecified atom stereocenters. The van der Waals surface area contributed by atoms with Crippen LogP contribution in [0, 0.1) is 6.92 Å². The van der Waals surface area contributed by atoms with Crippen LogP contribution in [-0.4, -0.2) is 32.9 Å². The molecule has 1 heterocycles. The number of aliphatic hydroxyl groups excluding tert-OH is 1. The Morgan fingerprint density at radius 2 is 2.00 bits per heavy atom. The highest BCUT2D eigenvalue weighted by Crippen LogP contribution is 2.21. The highest BCUT2D eigenvalue weighted by molar-refractivity contribution is 6.32. The second-order valence-electron chi connectivity index (χ2n) is 6.04. The van der Waals surface area contributed by atoms with Crippen LogP contribution in [0.5, 0.6) is 0 Å². The third kappa shape index (κ3) is 3.57. The number of aliphatic hydroxyl groups is 1. The first-order chi connectivity index (χ1) is 11.0. The van der Waals surface area contributed by atoms with Crippen molar-refractivity contribution in [3.8, 4) is 5.69 Å². The first-order valence-corrected chi connectivity index (χ1v) is 8.22. The van der Waals surface area contributed by atoms with Crippen molar-refractivity contribution in [2.75, 3.05) is 0 Å². The lowest BCUT2D eigenvalue weighted by Gasteiger charge is -2.25. The van der Waals surface area contributed by atoms with Crippen molar-refractivity contribution >= 4 is 17.5 Å². The topological polar surface area (TPSA) is 67.2 Å². The molecule has 2 N–H and O–H groups in total. The Labute approximate surface area is 140 Å². The van der Waals surface area contributed by atoms with Crippen LogP contribution in [-0.2, 0) is 0 Å². The molecule has 5 nitrogen and oxygen atoms in total. The number of benzene rings is 1. The lowest BCUT2D eigenvalue weighted by Crippen LogP contribution is -2.39. The number of hydrogen-bond acceptors (Lipinski definition) is 3. The predicted octanol–water partition coefficient (Wildman–Crippen LogP) is 2.87. The molecule has 6 heteroatoms. The monoisotopic (exact) mass is 333 g/mol. The number of nitrogens with one attached hydrogen (secondary N) is 1. The Balaban J connectivity index is 1.76. The van der Waals surface area contributed by atoms with E-state index in [9.17, 15) is 9.90 Å². The molecule has 1 aliphatic rings. The predicted molar refractivity (Wildman–Crippen MR) is 89.0 cm³/mol. The first-order valence-electron chi connectivity index (χ1n) is 7.84. The number of amides is 1. The van der Waals surface area contributed by atoms with E-state index in [2.05, 4.69) is 10.4 Å². The van der Waals surface area contributed by atoms with Crippen molar-refractivity contribution < 1.29 is 9.90 Å². The van der Waals surface area contributed by atoms with E-state index in [1.54, 1.807) is 16.9 Å². The molecule has 1 aliphatic carbocycles. The van der Waals surface area contributed by atoms with E-state index in [-0.39, 0.29) is 18.1 Å². The Kier molecular flexibility index (Phi) is 4.68. The van der Waals surface area contributed by atoms with Crippen molar-refractivity contribution in [3.63, 3.8) is 0 Å². The van der Waals surface area contributed by atoms with Crippen molar-refractivity contribution in [1.82, 2.24) is 15.1 Å². The third-order valence-corrected chi connectivity index (χ3v) is 4.56. The van der Waals surface area contributed by atoms with Crippen LogP contribution in [0.15, 0.2) is 30.5 Å². The number of nitrogens with zero attached hydrogens (tertiary/aromatic N) is 2. The van der Waals surface area contributed by atoms with Gasteiger partial charge in [-0.25, -0.2) is 4.68 Å². The Hall–Kier alpha value is -1.85.